The quantitative estimate of drug-likeness (QED) is 0.586. The van der Waals surface area contributed by atoms with Gasteiger partial charge in [-0.25, -0.2) is 4.79 Å². The Bertz CT molecular complexity index is 627. The lowest BCUT2D eigenvalue weighted by molar-refractivity contribution is -0.0200. The van der Waals surface area contributed by atoms with Crippen molar-refractivity contribution in [3.8, 4) is 0 Å². The number of urea groups is 1. The van der Waals surface area contributed by atoms with Crippen LogP contribution in [-0.2, 0) is 6.42 Å². The number of hydrogen-bond donors (Lipinski definition) is 2. The van der Waals surface area contributed by atoms with Gasteiger partial charge in [0.15, 0.2) is 0 Å². The molecule has 5 rings (SSSR count). The Morgan fingerprint density at radius 2 is 1.72 bits per heavy atom. The lowest BCUT2D eigenvalue weighted by Crippen LogP contribution is -2.59. The van der Waals surface area contributed by atoms with E-state index in [4.69, 9.17) is 0 Å². The fraction of sp³-hybridized carbons (Fsp3) is 0.750. The van der Waals surface area contributed by atoms with Crippen LogP contribution in [0.4, 0.5) is 4.79 Å². The van der Waals surface area contributed by atoms with Gasteiger partial charge in [0.05, 0.1) is 0 Å². The molecule has 4 aliphatic rings. The molecule has 5 nitrogen and oxygen atoms in total. The first-order chi connectivity index (χ1) is 14.2. The van der Waals surface area contributed by atoms with Crippen molar-refractivity contribution in [3.05, 3.63) is 30.1 Å². The molecule has 1 aromatic rings. The molecule has 160 valence electrons. The van der Waals surface area contributed by atoms with E-state index in [9.17, 15) is 4.79 Å². The molecule has 1 heterocycles. The Morgan fingerprint density at radius 3 is 2.34 bits per heavy atom. The highest BCUT2D eigenvalue weighted by molar-refractivity contribution is 5.74. The molecule has 0 aromatic carbocycles. The first kappa shape index (κ1) is 20.6. The van der Waals surface area contributed by atoms with Gasteiger partial charge in [-0.3, -0.25) is 4.98 Å². The molecule has 0 radical (unpaired) electrons. The summed E-state index contributed by atoms with van der Waals surface area (Å²) in [7, 11) is 0. The zero-order valence-electron chi connectivity index (χ0n) is 18.0. The molecule has 0 aliphatic heterocycles. The van der Waals surface area contributed by atoms with Crippen LogP contribution in [0.2, 0.25) is 0 Å². The van der Waals surface area contributed by atoms with Crippen molar-refractivity contribution in [2.75, 3.05) is 26.2 Å². The number of nitrogens with one attached hydrogen (secondary N) is 2. The van der Waals surface area contributed by atoms with E-state index >= 15 is 0 Å². The Balaban J connectivity index is 1.19. The van der Waals surface area contributed by atoms with E-state index < -0.39 is 0 Å². The number of amides is 2. The summed E-state index contributed by atoms with van der Waals surface area (Å²) in [5.41, 5.74) is 1.66. The summed E-state index contributed by atoms with van der Waals surface area (Å²) in [5, 5.41) is 7.06. The number of carbonyl (C=O) groups excluding carboxylic acids is 1. The summed E-state index contributed by atoms with van der Waals surface area (Å²) in [4.78, 5) is 18.7. The summed E-state index contributed by atoms with van der Waals surface area (Å²) >= 11 is 0. The van der Waals surface area contributed by atoms with Crippen molar-refractivity contribution in [1.29, 1.82) is 0 Å². The summed E-state index contributed by atoms with van der Waals surface area (Å²) in [6.07, 6.45) is 15.1. The van der Waals surface area contributed by atoms with Gasteiger partial charge in [0.25, 0.3) is 0 Å². The number of nitrogens with zero attached hydrogens (tertiary/aromatic N) is 2. The van der Waals surface area contributed by atoms with E-state index in [1.165, 1.54) is 44.1 Å². The summed E-state index contributed by atoms with van der Waals surface area (Å²) in [6.45, 7) is 5.45. The first-order valence-electron chi connectivity index (χ1n) is 11.8. The molecule has 0 atom stereocenters. The van der Waals surface area contributed by atoms with E-state index in [-0.39, 0.29) is 6.03 Å². The zero-order valence-corrected chi connectivity index (χ0v) is 18.0. The van der Waals surface area contributed by atoms with Crippen LogP contribution in [0.15, 0.2) is 24.5 Å². The molecule has 5 heteroatoms. The highest BCUT2D eigenvalue weighted by Crippen LogP contribution is 2.55. The number of aromatic nitrogens is 1. The minimum Gasteiger partial charge on any atom is -0.338 e. The maximum atomic E-state index is 12.7. The second-order valence-corrected chi connectivity index (χ2v) is 9.80. The Labute approximate surface area is 176 Å². The first-order valence-corrected chi connectivity index (χ1v) is 11.8. The van der Waals surface area contributed by atoms with Gasteiger partial charge in [-0.2, -0.15) is 0 Å². The van der Waals surface area contributed by atoms with Crippen LogP contribution in [0.3, 0.4) is 0 Å². The van der Waals surface area contributed by atoms with E-state index in [1.54, 1.807) is 0 Å². The molecular weight excluding hydrogens is 360 g/mol. The average molecular weight is 399 g/mol. The smallest absolute Gasteiger partial charge is 0.317 e. The van der Waals surface area contributed by atoms with E-state index in [1.807, 2.05) is 29.4 Å². The zero-order chi connectivity index (χ0) is 20.1. The van der Waals surface area contributed by atoms with Gasteiger partial charge in [0.1, 0.15) is 0 Å². The standard InChI is InChI=1S/C24H38N4O/c1-2-11-28(23(29)26-7-3-4-19-5-8-25-9-6-19)12-10-27-24-16-20-13-21(17-24)15-22(14-20)18-24/h5-6,8-9,20-22,27H,2-4,7,10-18H2,1H3,(H,26,29). The van der Waals surface area contributed by atoms with Crippen LogP contribution < -0.4 is 10.6 Å². The molecule has 4 aliphatic carbocycles. The highest BCUT2D eigenvalue weighted by atomic mass is 16.2. The van der Waals surface area contributed by atoms with Crippen molar-refractivity contribution in [1.82, 2.24) is 20.5 Å². The number of pyridine rings is 1. The van der Waals surface area contributed by atoms with Crippen LogP contribution in [0.5, 0.6) is 0 Å². The van der Waals surface area contributed by atoms with E-state index in [0.717, 1.165) is 63.2 Å². The predicted octanol–water partition coefficient (Wildman–Crippen LogP) is 3.99. The second-order valence-electron chi connectivity index (χ2n) is 9.80. The average Bonchev–Trinajstić information content (AvgIpc) is 2.70. The minimum absolute atomic E-state index is 0.0916. The maximum absolute atomic E-state index is 12.7. The molecule has 4 fully saturated rings. The third kappa shape index (κ3) is 5.30. The van der Waals surface area contributed by atoms with Gasteiger partial charge in [-0.15, -0.1) is 0 Å². The van der Waals surface area contributed by atoms with Gasteiger partial charge in [0.2, 0.25) is 0 Å². The maximum Gasteiger partial charge on any atom is 0.317 e. The van der Waals surface area contributed by atoms with Crippen LogP contribution in [0, 0.1) is 17.8 Å². The van der Waals surface area contributed by atoms with Crippen LogP contribution in [0.1, 0.15) is 63.9 Å². The van der Waals surface area contributed by atoms with Gasteiger partial charge >= 0.3 is 6.03 Å². The fourth-order valence-corrected chi connectivity index (χ4v) is 6.52. The lowest BCUT2D eigenvalue weighted by Gasteiger charge is -2.57. The normalized spacial score (nSPS) is 29.8. The fourth-order valence-electron chi connectivity index (χ4n) is 6.52. The van der Waals surface area contributed by atoms with Gasteiger partial charge < -0.3 is 15.5 Å². The molecule has 4 saturated carbocycles. The highest BCUT2D eigenvalue weighted by Gasteiger charge is 2.50. The van der Waals surface area contributed by atoms with Crippen molar-refractivity contribution >= 4 is 6.03 Å². The number of aryl methyl sites for hydroxylation is 1. The largest absolute Gasteiger partial charge is 0.338 e. The monoisotopic (exact) mass is 398 g/mol. The predicted molar refractivity (Wildman–Crippen MR) is 117 cm³/mol. The second kappa shape index (κ2) is 9.46. The van der Waals surface area contributed by atoms with E-state index in [2.05, 4.69) is 22.5 Å². The number of carbonyl (C=O) groups is 1. The third-order valence-corrected chi connectivity index (χ3v) is 7.37. The Morgan fingerprint density at radius 1 is 1.07 bits per heavy atom. The van der Waals surface area contributed by atoms with Crippen molar-refractivity contribution in [2.45, 2.75) is 70.3 Å². The molecule has 2 amide bonds. The topological polar surface area (TPSA) is 57.3 Å². The van der Waals surface area contributed by atoms with Crippen LogP contribution in [0.25, 0.3) is 0 Å². The Hall–Kier alpha value is -1.62. The molecule has 1 aromatic heterocycles. The SMILES string of the molecule is CCCN(CCNC12CC3CC(CC(C3)C1)C2)C(=O)NCCCc1ccncc1. The Kier molecular flexibility index (Phi) is 6.74. The number of hydrogen-bond acceptors (Lipinski definition) is 3. The van der Waals surface area contributed by atoms with E-state index in [0.29, 0.717) is 5.54 Å². The van der Waals surface area contributed by atoms with Crippen LogP contribution in [-0.4, -0.2) is 47.6 Å². The van der Waals surface area contributed by atoms with Crippen molar-refractivity contribution in [3.63, 3.8) is 0 Å². The molecule has 29 heavy (non-hydrogen) atoms. The van der Waals surface area contributed by atoms with Gasteiger partial charge in [-0.1, -0.05) is 6.92 Å². The van der Waals surface area contributed by atoms with Crippen molar-refractivity contribution in [2.24, 2.45) is 17.8 Å². The summed E-state index contributed by atoms with van der Waals surface area (Å²) in [5.74, 6) is 2.89. The van der Waals surface area contributed by atoms with Gasteiger partial charge in [-0.05, 0) is 93.2 Å². The summed E-state index contributed by atoms with van der Waals surface area (Å²) < 4.78 is 0. The van der Waals surface area contributed by atoms with Crippen LogP contribution >= 0.6 is 0 Å². The molecule has 0 unspecified atom stereocenters. The lowest BCUT2D eigenvalue weighted by atomic mass is 9.53. The minimum atomic E-state index is 0.0916. The summed E-state index contributed by atoms with van der Waals surface area (Å²) in [6, 6.07) is 4.18. The molecular formula is C24H38N4O. The van der Waals surface area contributed by atoms with Crippen molar-refractivity contribution < 1.29 is 4.79 Å². The molecule has 2 N–H and O–H groups in total. The molecule has 0 spiro atoms. The van der Waals surface area contributed by atoms with Gasteiger partial charge in [0, 0.05) is 44.1 Å². The molecule has 0 saturated heterocycles. The number of rotatable bonds is 10. The third-order valence-electron chi connectivity index (χ3n) is 7.37. The molecule has 4 bridgehead atoms.